The van der Waals surface area contributed by atoms with Gasteiger partial charge in [-0.05, 0) is 25.5 Å². The Hall–Kier alpha value is -2.82. The summed E-state index contributed by atoms with van der Waals surface area (Å²) in [5.74, 6) is 0.311. The summed E-state index contributed by atoms with van der Waals surface area (Å²) in [4.78, 5) is 24.0. The van der Waals surface area contributed by atoms with Gasteiger partial charge in [0.1, 0.15) is 5.75 Å². The van der Waals surface area contributed by atoms with Crippen LogP contribution in [0.2, 0.25) is 0 Å². The van der Waals surface area contributed by atoms with E-state index in [-0.39, 0.29) is 30.8 Å². The second-order valence-corrected chi connectivity index (χ2v) is 5.97. The minimum atomic E-state index is -0.238. The van der Waals surface area contributed by atoms with Crippen LogP contribution in [0.15, 0.2) is 48.5 Å². The van der Waals surface area contributed by atoms with Crippen LogP contribution in [0.3, 0.4) is 0 Å². The Morgan fingerprint density at radius 3 is 2.48 bits per heavy atom. The molecule has 0 aromatic heterocycles. The van der Waals surface area contributed by atoms with Crippen molar-refractivity contribution < 1.29 is 14.3 Å². The highest BCUT2D eigenvalue weighted by Crippen LogP contribution is 2.25. The number of methoxy groups -OCH3 is 1. The highest BCUT2D eigenvalue weighted by molar-refractivity contribution is 5.85. The molecule has 5 nitrogen and oxygen atoms in total. The normalized spacial score (nSPS) is 11.5. The minimum absolute atomic E-state index is 0.0515. The fourth-order valence-electron chi connectivity index (χ4n) is 2.59. The molecule has 0 aliphatic rings. The summed E-state index contributed by atoms with van der Waals surface area (Å²) in [6.45, 7) is 3.83. The average molecular weight is 340 g/mol. The van der Waals surface area contributed by atoms with Crippen LogP contribution in [0.4, 0.5) is 0 Å². The maximum Gasteiger partial charge on any atom is 0.239 e. The molecule has 0 unspecified atom stereocenters. The molecule has 0 fully saturated rings. The lowest BCUT2D eigenvalue weighted by molar-refractivity contribution is -0.126. The van der Waals surface area contributed by atoms with Gasteiger partial charge in [-0.2, -0.15) is 0 Å². The fraction of sp³-hybridized carbons (Fsp3) is 0.300. The van der Waals surface area contributed by atoms with E-state index in [1.54, 1.807) is 7.11 Å². The second kappa shape index (κ2) is 8.87. The first-order valence-corrected chi connectivity index (χ1v) is 8.24. The van der Waals surface area contributed by atoms with Gasteiger partial charge in [0, 0.05) is 5.56 Å². The van der Waals surface area contributed by atoms with Crippen molar-refractivity contribution in [1.29, 1.82) is 0 Å². The molecule has 0 spiro atoms. The number of amides is 2. The van der Waals surface area contributed by atoms with E-state index < -0.39 is 0 Å². The fourth-order valence-corrected chi connectivity index (χ4v) is 2.59. The Kier molecular flexibility index (Phi) is 6.57. The number of benzene rings is 2. The summed E-state index contributed by atoms with van der Waals surface area (Å²) in [6, 6.07) is 15.0. The molecular formula is C20H24N2O3. The summed E-state index contributed by atoms with van der Waals surface area (Å²) < 4.78 is 5.35. The number of aryl methyl sites for hydroxylation is 1. The zero-order valence-corrected chi connectivity index (χ0v) is 14.8. The molecule has 2 N–H and O–H groups in total. The van der Waals surface area contributed by atoms with Gasteiger partial charge in [-0.25, -0.2) is 0 Å². The molecule has 2 amide bonds. The summed E-state index contributed by atoms with van der Waals surface area (Å²) >= 11 is 0. The van der Waals surface area contributed by atoms with Crippen LogP contribution in [-0.2, 0) is 16.0 Å². The third kappa shape index (κ3) is 5.64. The van der Waals surface area contributed by atoms with Crippen molar-refractivity contribution in [2.75, 3.05) is 13.7 Å². The minimum Gasteiger partial charge on any atom is -0.496 e. The molecule has 0 saturated heterocycles. The van der Waals surface area contributed by atoms with Gasteiger partial charge in [-0.1, -0.05) is 48.0 Å². The predicted octanol–water partition coefficient (Wildman–Crippen LogP) is 2.54. The molecule has 132 valence electrons. The van der Waals surface area contributed by atoms with Gasteiger partial charge in [-0.15, -0.1) is 0 Å². The third-order valence-corrected chi connectivity index (χ3v) is 3.88. The number of hydrogen-bond donors (Lipinski definition) is 2. The zero-order chi connectivity index (χ0) is 18.2. The van der Waals surface area contributed by atoms with Crippen molar-refractivity contribution in [2.24, 2.45) is 0 Å². The molecule has 25 heavy (non-hydrogen) atoms. The number of carbonyl (C=O) groups excluding carboxylic acids is 2. The molecule has 2 aromatic carbocycles. The Bertz CT molecular complexity index is 729. The Morgan fingerprint density at radius 2 is 1.80 bits per heavy atom. The topological polar surface area (TPSA) is 67.4 Å². The van der Waals surface area contributed by atoms with Crippen molar-refractivity contribution in [3.05, 3.63) is 65.2 Å². The number of hydrogen-bond acceptors (Lipinski definition) is 3. The van der Waals surface area contributed by atoms with Crippen LogP contribution in [0.1, 0.15) is 29.7 Å². The summed E-state index contributed by atoms with van der Waals surface area (Å²) in [6.07, 6.45) is 0.259. The lowest BCUT2D eigenvalue weighted by atomic mass is 10.0. The molecule has 0 aliphatic carbocycles. The Balaban J connectivity index is 1.85. The van der Waals surface area contributed by atoms with Crippen LogP contribution in [0.25, 0.3) is 0 Å². The van der Waals surface area contributed by atoms with E-state index in [0.717, 1.165) is 22.4 Å². The lowest BCUT2D eigenvalue weighted by Gasteiger charge is -2.18. The first kappa shape index (κ1) is 18.5. The quantitative estimate of drug-likeness (QED) is 0.814. The van der Waals surface area contributed by atoms with Gasteiger partial charge >= 0.3 is 0 Å². The maximum atomic E-state index is 12.1. The van der Waals surface area contributed by atoms with Crippen molar-refractivity contribution in [3.8, 4) is 5.75 Å². The number of carbonyl (C=O) groups is 2. The van der Waals surface area contributed by atoms with Gasteiger partial charge < -0.3 is 15.4 Å². The molecular weight excluding hydrogens is 316 g/mol. The zero-order valence-electron chi connectivity index (χ0n) is 14.8. The average Bonchev–Trinajstić information content (AvgIpc) is 2.60. The highest BCUT2D eigenvalue weighted by atomic mass is 16.5. The van der Waals surface area contributed by atoms with Gasteiger partial charge in [0.15, 0.2) is 0 Å². The molecule has 2 rings (SSSR count). The van der Waals surface area contributed by atoms with Gasteiger partial charge in [0.25, 0.3) is 0 Å². The van der Waals surface area contributed by atoms with E-state index in [0.29, 0.717) is 0 Å². The molecule has 0 heterocycles. The monoisotopic (exact) mass is 340 g/mol. The van der Waals surface area contributed by atoms with Gasteiger partial charge in [0.2, 0.25) is 11.8 Å². The van der Waals surface area contributed by atoms with Crippen LogP contribution < -0.4 is 15.4 Å². The Morgan fingerprint density at radius 1 is 1.08 bits per heavy atom. The molecule has 1 atom stereocenters. The summed E-state index contributed by atoms with van der Waals surface area (Å²) in [5.41, 5.74) is 2.91. The summed E-state index contributed by atoms with van der Waals surface area (Å²) in [7, 11) is 1.60. The molecule has 2 aromatic rings. The summed E-state index contributed by atoms with van der Waals surface area (Å²) in [5, 5.41) is 5.53. The number of ether oxygens (including phenoxy) is 1. The SMILES string of the molecule is COc1ccc(C)cc1[C@H](C)NC(=O)CNC(=O)Cc1ccccc1. The predicted molar refractivity (Wildman–Crippen MR) is 97.4 cm³/mol. The maximum absolute atomic E-state index is 12.1. The van der Waals surface area contributed by atoms with E-state index in [2.05, 4.69) is 10.6 Å². The third-order valence-electron chi connectivity index (χ3n) is 3.88. The smallest absolute Gasteiger partial charge is 0.239 e. The number of rotatable bonds is 7. The van der Waals surface area contributed by atoms with E-state index in [4.69, 9.17) is 4.74 Å². The molecule has 5 heteroatoms. The van der Waals surface area contributed by atoms with Crippen molar-refractivity contribution in [1.82, 2.24) is 10.6 Å². The highest BCUT2D eigenvalue weighted by Gasteiger charge is 2.15. The van der Waals surface area contributed by atoms with Crippen LogP contribution in [-0.4, -0.2) is 25.5 Å². The van der Waals surface area contributed by atoms with Crippen LogP contribution in [0, 0.1) is 6.92 Å². The van der Waals surface area contributed by atoms with E-state index in [1.807, 2.05) is 62.4 Å². The van der Waals surface area contributed by atoms with E-state index in [1.165, 1.54) is 0 Å². The van der Waals surface area contributed by atoms with Crippen LogP contribution in [0.5, 0.6) is 5.75 Å². The number of nitrogens with one attached hydrogen (secondary N) is 2. The van der Waals surface area contributed by atoms with Crippen molar-refractivity contribution in [2.45, 2.75) is 26.3 Å². The molecule has 0 radical (unpaired) electrons. The molecule has 0 aliphatic heterocycles. The van der Waals surface area contributed by atoms with Crippen molar-refractivity contribution in [3.63, 3.8) is 0 Å². The largest absolute Gasteiger partial charge is 0.496 e. The van der Waals surface area contributed by atoms with Gasteiger partial charge in [0.05, 0.1) is 26.1 Å². The first-order chi connectivity index (χ1) is 12.0. The second-order valence-electron chi connectivity index (χ2n) is 5.97. The van der Waals surface area contributed by atoms with Crippen molar-refractivity contribution >= 4 is 11.8 Å². The van der Waals surface area contributed by atoms with Gasteiger partial charge in [-0.3, -0.25) is 9.59 Å². The molecule has 0 saturated carbocycles. The van der Waals surface area contributed by atoms with E-state index in [9.17, 15) is 9.59 Å². The lowest BCUT2D eigenvalue weighted by Crippen LogP contribution is -2.38. The van der Waals surface area contributed by atoms with E-state index >= 15 is 0 Å². The molecule has 0 bridgehead atoms. The Labute approximate surface area is 148 Å². The standard InChI is InChI=1S/C20H24N2O3/c1-14-9-10-18(25-3)17(11-14)15(2)22-20(24)13-21-19(23)12-16-7-5-4-6-8-16/h4-11,15H,12-13H2,1-3H3,(H,21,23)(H,22,24)/t15-/m0/s1. The van der Waals surface area contributed by atoms with Crippen LogP contribution >= 0.6 is 0 Å². The first-order valence-electron chi connectivity index (χ1n) is 8.24.